The van der Waals surface area contributed by atoms with Crippen LogP contribution in [0.5, 0.6) is 0 Å². The molecule has 0 spiro atoms. The predicted octanol–water partition coefficient (Wildman–Crippen LogP) is 2.82. The lowest BCUT2D eigenvalue weighted by Gasteiger charge is -2.34. The fraction of sp³-hybridized carbons (Fsp3) is 0.579. The number of likely N-dealkylation sites (N-methyl/N-ethyl adjacent to an activating group) is 1. The molecule has 0 bridgehead atoms. The van der Waals surface area contributed by atoms with Gasteiger partial charge in [-0.1, -0.05) is 29.8 Å². The maximum Gasteiger partial charge on any atom is 0.326 e. The highest BCUT2D eigenvalue weighted by molar-refractivity contribution is 6.31. The van der Waals surface area contributed by atoms with Gasteiger partial charge < -0.3 is 4.74 Å². The van der Waals surface area contributed by atoms with Gasteiger partial charge in [-0.25, -0.2) is 5.06 Å². The third-order valence-corrected chi connectivity index (χ3v) is 5.95. The Hall–Kier alpha value is -1.63. The zero-order valence-electron chi connectivity index (χ0n) is 15.4. The minimum atomic E-state index is -0.908. The van der Waals surface area contributed by atoms with Crippen LogP contribution in [0.1, 0.15) is 37.8 Å². The second-order valence-corrected chi connectivity index (χ2v) is 7.54. The van der Waals surface area contributed by atoms with Gasteiger partial charge in [0.15, 0.2) is 0 Å². The number of likely N-dealkylation sites (tertiary alicyclic amines) is 1. The lowest BCUT2D eigenvalue weighted by molar-refractivity contribution is -0.202. The zero-order valence-corrected chi connectivity index (χ0v) is 16.2. The lowest BCUT2D eigenvalue weighted by Crippen LogP contribution is -2.47. The number of rotatable bonds is 3. The van der Waals surface area contributed by atoms with Crippen molar-refractivity contribution in [3.63, 3.8) is 0 Å². The number of nitrogens with zero attached hydrogens (tertiary/aromatic N) is 2. The first-order valence-corrected chi connectivity index (χ1v) is 9.28. The minimum Gasteiger partial charge on any atom is -0.468 e. The summed E-state index contributed by atoms with van der Waals surface area (Å²) in [6, 6.07) is 7.12. The molecule has 0 saturated carbocycles. The molecule has 2 heterocycles. The van der Waals surface area contributed by atoms with Crippen molar-refractivity contribution in [2.45, 2.75) is 37.8 Å². The van der Waals surface area contributed by atoms with Gasteiger partial charge in [-0.3, -0.25) is 19.3 Å². The molecule has 1 aromatic carbocycles. The monoisotopic (exact) mass is 380 g/mol. The number of hydroxylamine groups is 2. The number of esters is 1. The number of carbonyl (C=O) groups is 2. The number of ether oxygens (including phenoxy) is 1. The van der Waals surface area contributed by atoms with Crippen molar-refractivity contribution >= 4 is 23.5 Å². The largest absolute Gasteiger partial charge is 0.468 e. The Bertz CT molecular complexity index is 692. The van der Waals surface area contributed by atoms with E-state index in [4.69, 9.17) is 21.2 Å². The summed E-state index contributed by atoms with van der Waals surface area (Å²) in [5.41, 5.74) is -0.0750. The fourth-order valence-corrected chi connectivity index (χ4v) is 4.27. The molecule has 7 heteroatoms. The summed E-state index contributed by atoms with van der Waals surface area (Å²) < 4.78 is 5.03. The van der Waals surface area contributed by atoms with E-state index in [-0.39, 0.29) is 17.9 Å². The van der Waals surface area contributed by atoms with Crippen LogP contribution in [-0.4, -0.2) is 54.7 Å². The molecule has 142 valence electrons. The Balaban J connectivity index is 2.00. The van der Waals surface area contributed by atoms with E-state index in [2.05, 4.69) is 0 Å². The maximum atomic E-state index is 13.2. The summed E-state index contributed by atoms with van der Waals surface area (Å²) in [7, 11) is 3.21. The Morgan fingerprint density at radius 1 is 1.31 bits per heavy atom. The van der Waals surface area contributed by atoms with Gasteiger partial charge in [0.2, 0.25) is 0 Å². The van der Waals surface area contributed by atoms with Crippen LogP contribution < -0.4 is 0 Å². The molecular weight excluding hydrogens is 356 g/mol. The molecule has 6 nitrogen and oxygen atoms in total. The Kier molecular flexibility index (Phi) is 5.55. The molecule has 0 N–H and O–H groups in total. The molecule has 0 aromatic heterocycles. The molecule has 3 atom stereocenters. The summed E-state index contributed by atoms with van der Waals surface area (Å²) in [6.45, 7) is 2.93. The highest BCUT2D eigenvalue weighted by Gasteiger charge is 2.56. The third kappa shape index (κ3) is 3.21. The normalized spacial score (nSPS) is 29.6. The van der Waals surface area contributed by atoms with Crippen LogP contribution in [0.2, 0.25) is 5.02 Å². The molecule has 2 aliphatic heterocycles. The van der Waals surface area contributed by atoms with E-state index in [1.54, 1.807) is 6.07 Å². The summed E-state index contributed by atoms with van der Waals surface area (Å²) in [5.74, 6) is -0.900. The van der Waals surface area contributed by atoms with Crippen LogP contribution in [-0.2, 0) is 19.2 Å². The van der Waals surface area contributed by atoms with Crippen LogP contribution in [0, 0.1) is 5.92 Å². The highest BCUT2D eigenvalue weighted by atomic mass is 35.5. The van der Waals surface area contributed by atoms with Crippen LogP contribution in [0.4, 0.5) is 0 Å². The van der Waals surface area contributed by atoms with Crippen LogP contribution in [0.25, 0.3) is 0 Å². The average molecular weight is 381 g/mol. The van der Waals surface area contributed by atoms with Gasteiger partial charge in [0, 0.05) is 17.6 Å². The molecule has 1 aromatic rings. The van der Waals surface area contributed by atoms with E-state index < -0.39 is 11.5 Å². The Labute approximate surface area is 158 Å². The summed E-state index contributed by atoms with van der Waals surface area (Å²) in [4.78, 5) is 33.2. The number of benzene rings is 1. The predicted molar refractivity (Wildman–Crippen MR) is 97.4 cm³/mol. The number of amides is 1. The number of carbonyl (C=O) groups excluding carboxylic acids is 2. The van der Waals surface area contributed by atoms with Gasteiger partial charge in [0.25, 0.3) is 5.91 Å². The van der Waals surface area contributed by atoms with Crippen molar-refractivity contribution in [3.05, 3.63) is 34.9 Å². The molecule has 0 unspecified atom stereocenters. The number of halogens is 1. The molecular formula is C19H25ClN2O4. The third-order valence-electron chi connectivity index (χ3n) is 5.61. The van der Waals surface area contributed by atoms with Gasteiger partial charge in [-0.05, 0) is 44.9 Å². The Morgan fingerprint density at radius 2 is 2.04 bits per heavy atom. The number of hydrogen-bond acceptors (Lipinski definition) is 5. The van der Waals surface area contributed by atoms with Crippen LogP contribution >= 0.6 is 11.6 Å². The SMILES string of the molecule is COC(=O)[C@]1(C)C[C@H](C(=O)N2CCCCO2)[C@H](c2ccccc2Cl)N1C. The molecule has 26 heavy (non-hydrogen) atoms. The first-order chi connectivity index (χ1) is 12.4. The van der Waals surface area contributed by atoms with E-state index in [9.17, 15) is 9.59 Å². The van der Waals surface area contributed by atoms with Crippen molar-refractivity contribution in [2.24, 2.45) is 5.92 Å². The smallest absolute Gasteiger partial charge is 0.326 e. The van der Waals surface area contributed by atoms with E-state index in [0.29, 0.717) is 24.6 Å². The summed E-state index contributed by atoms with van der Waals surface area (Å²) in [5, 5.41) is 2.03. The quantitative estimate of drug-likeness (QED) is 0.755. The van der Waals surface area contributed by atoms with Gasteiger partial charge in [-0.2, -0.15) is 0 Å². The lowest BCUT2D eigenvalue weighted by atomic mass is 9.89. The zero-order chi connectivity index (χ0) is 18.9. The fourth-order valence-electron chi connectivity index (χ4n) is 4.03. The second kappa shape index (κ2) is 7.55. The second-order valence-electron chi connectivity index (χ2n) is 7.13. The minimum absolute atomic E-state index is 0.103. The van der Waals surface area contributed by atoms with Crippen molar-refractivity contribution < 1.29 is 19.2 Å². The van der Waals surface area contributed by atoms with Crippen molar-refractivity contribution in [2.75, 3.05) is 27.3 Å². The molecule has 1 amide bonds. The van der Waals surface area contributed by atoms with Gasteiger partial charge in [0.05, 0.1) is 19.6 Å². The van der Waals surface area contributed by atoms with Gasteiger partial charge in [0.1, 0.15) is 5.54 Å². The molecule has 2 saturated heterocycles. The molecule has 2 aliphatic rings. The van der Waals surface area contributed by atoms with Crippen molar-refractivity contribution in [1.82, 2.24) is 9.96 Å². The van der Waals surface area contributed by atoms with E-state index >= 15 is 0 Å². The van der Waals surface area contributed by atoms with Crippen LogP contribution in [0.15, 0.2) is 24.3 Å². The van der Waals surface area contributed by atoms with E-state index in [1.165, 1.54) is 12.2 Å². The van der Waals surface area contributed by atoms with Crippen molar-refractivity contribution in [1.29, 1.82) is 0 Å². The molecule has 0 aliphatic carbocycles. The molecule has 3 rings (SSSR count). The Morgan fingerprint density at radius 3 is 2.65 bits per heavy atom. The van der Waals surface area contributed by atoms with E-state index in [0.717, 1.165) is 18.4 Å². The molecule has 0 radical (unpaired) electrons. The number of methoxy groups -OCH3 is 1. The summed E-state index contributed by atoms with van der Waals surface area (Å²) >= 11 is 6.43. The van der Waals surface area contributed by atoms with Crippen LogP contribution in [0.3, 0.4) is 0 Å². The number of hydrogen-bond donors (Lipinski definition) is 0. The van der Waals surface area contributed by atoms with Gasteiger partial charge >= 0.3 is 5.97 Å². The van der Waals surface area contributed by atoms with E-state index in [1.807, 2.05) is 37.1 Å². The first-order valence-electron chi connectivity index (χ1n) is 8.90. The highest BCUT2D eigenvalue weighted by Crippen LogP contribution is 2.48. The standard InChI is InChI=1S/C19H25ClN2O4/c1-19(18(24)25-3)12-14(17(23)22-10-6-7-11-26-22)16(21(19)2)13-8-4-5-9-15(13)20/h4-5,8-9,14,16H,6-7,10-12H2,1-3H3/t14-,16-,19-/m0/s1. The maximum absolute atomic E-state index is 13.2. The first kappa shape index (κ1) is 19.1. The van der Waals surface area contributed by atoms with Gasteiger partial charge in [-0.15, -0.1) is 0 Å². The summed E-state index contributed by atoms with van der Waals surface area (Å²) in [6.07, 6.45) is 2.21. The average Bonchev–Trinajstić information content (AvgIpc) is 2.94. The van der Waals surface area contributed by atoms with Crippen molar-refractivity contribution in [3.8, 4) is 0 Å². The molecule has 2 fully saturated rings. The topological polar surface area (TPSA) is 59.1 Å².